The summed E-state index contributed by atoms with van der Waals surface area (Å²) in [6.45, 7) is 5.06. The quantitative estimate of drug-likeness (QED) is 0.860. The number of aryl methyl sites for hydroxylation is 1. The van der Waals surface area contributed by atoms with Crippen molar-refractivity contribution < 1.29 is 14.3 Å². The smallest absolute Gasteiger partial charge is 0.264 e. The van der Waals surface area contributed by atoms with Crippen molar-refractivity contribution in [3.8, 4) is 0 Å². The molecule has 2 aliphatic rings. The van der Waals surface area contributed by atoms with Gasteiger partial charge in [-0.25, -0.2) is 0 Å². The standard InChI is InChI=1S/C15H21NO3S/c1-2-11-5-9-20-13(11)14(17)16-6-3-4-12(10-16)15-18-7-8-19-15/h5,9,12,15H,2-4,6-8,10H2,1H3. The van der Waals surface area contributed by atoms with E-state index in [2.05, 4.69) is 13.0 Å². The molecule has 0 radical (unpaired) electrons. The van der Waals surface area contributed by atoms with Crippen LogP contribution in [-0.2, 0) is 15.9 Å². The first-order chi connectivity index (χ1) is 9.79. The molecule has 0 spiro atoms. The van der Waals surface area contributed by atoms with Gasteiger partial charge in [-0.15, -0.1) is 11.3 Å². The average molecular weight is 295 g/mol. The van der Waals surface area contributed by atoms with Crippen LogP contribution in [0.5, 0.6) is 0 Å². The third-order valence-electron chi connectivity index (χ3n) is 4.10. The van der Waals surface area contributed by atoms with Gasteiger partial charge in [-0.1, -0.05) is 6.92 Å². The molecule has 0 aromatic carbocycles. The summed E-state index contributed by atoms with van der Waals surface area (Å²) >= 11 is 1.56. The molecule has 0 N–H and O–H groups in total. The third-order valence-corrected chi connectivity index (χ3v) is 5.04. The Balaban J connectivity index is 1.68. The van der Waals surface area contributed by atoms with Gasteiger partial charge in [-0.05, 0) is 36.3 Å². The fraction of sp³-hybridized carbons (Fsp3) is 0.667. The molecule has 0 bridgehead atoms. The number of carbonyl (C=O) groups excluding carboxylic acids is 1. The number of hydrogen-bond donors (Lipinski definition) is 0. The summed E-state index contributed by atoms with van der Waals surface area (Å²) in [6, 6.07) is 2.06. The second-order valence-corrected chi connectivity index (χ2v) is 6.31. The van der Waals surface area contributed by atoms with Gasteiger partial charge in [0.1, 0.15) is 0 Å². The van der Waals surface area contributed by atoms with Crippen LogP contribution in [0.25, 0.3) is 0 Å². The maximum atomic E-state index is 12.7. The van der Waals surface area contributed by atoms with Crippen LogP contribution in [0.2, 0.25) is 0 Å². The highest BCUT2D eigenvalue weighted by Gasteiger charge is 2.33. The molecule has 2 aliphatic heterocycles. The van der Waals surface area contributed by atoms with Crippen molar-refractivity contribution >= 4 is 17.2 Å². The van der Waals surface area contributed by atoms with E-state index in [0.29, 0.717) is 19.1 Å². The molecule has 1 atom stereocenters. The second-order valence-electron chi connectivity index (χ2n) is 5.39. The Kier molecular flexibility index (Phi) is 4.38. The molecule has 2 saturated heterocycles. The molecule has 4 nitrogen and oxygen atoms in total. The molecule has 5 heteroatoms. The van der Waals surface area contributed by atoms with Crippen molar-refractivity contribution in [2.45, 2.75) is 32.5 Å². The molecule has 20 heavy (non-hydrogen) atoms. The highest BCUT2D eigenvalue weighted by atomic mass is 32.1. The Morgan fingerprint density at radius 1 is 1.45 bits per heavy atom. The van der Waals surface area contributed by atoms with Crippen LogP contribution in [0.3, 0.4) is 0 Å². The molecule has 3 heterocycles. The van der Waals surface area contributed by atoms with E-state index in [9.17, 15) is 4.79 Å². The summed E-state index contributed by atoms with van der Waals surface area (Å²) in [4.78, 5) is 15.5. The molecular weight excluding hydrogens is 274 g/mol. The summed E-state index contributed by atoms with van der Waals surface area (Å²) in [5, 5.41) is 2.01. The minimum Gasteiger partial charge on any atom is -0.350 e. The van der Waals surface area contributed by atoms with Gasteiger partial charge >= 0.3 is 0 Å². The fourth-order valence-corrected chi connectivity index (χ4v) is 3.97. The first-order valence-corrected chi connectivity index (χ1v) is 8.26. The summed E-state index contributed by atoms with van der Waals surface area (Å²) in [6.07, 6.45) is 2.92. The van der Waals surface area contributed by atoms with E-state index >= 15 is 0 Å². The zero-order valence-corrected chi connectivity index (χ0v) is 12.7. The maximum absolute atomic E-state index is 12.7. The molecule has 1 aromatic rings. The first kappa shape index (κ1) is 14.0. The van der Waals surface area contributed by atoms with Crippen LogP contribution in [0.15, 0.2) is 11.4 Å². The number of likely N-dealkylation sites (tertiary alicyclic amines) is 1. The van der Waals surface area contributed by atoms with Gasteiger partial charge in [0.15, 0.2) is 6.29 Å². The molecule has 1 unspecified atom stereocenters. The number of carbonyl (C=O) groups is 1. The lowest BCUT2D eigenvalue weighted by atomic mass is 9.97. The van der Waals surface area contributed by atoms with Crippen molar-refractivity contribution in [2.24, 2.45) is 5.92 Å². The SMILES string of the molecule is CCc1ccsc1C(=O)N1CCCC(C2OCCO2)C1. The second kappa shape index (κ2) is 6.24. The lowest BCUT2D eigenvalue weighted by molar-refractivity contribution is -0.0969. The number of nitrogens with zero attached hydrogens (tertiary/aromatic N) is 1. The van der Waals surface area contributed by atoms with E-state index < -0.39 is 0 Å². The Labute approximate surface area is 123 Å². The van der Waals surface area contributed by atoms with Gasteiger partial charge in [0, 0.05) is 19.0 Å². The molecule has 3 rings (SSSR count). The van der Waals surface area contributed by atoms with E-state index in [-0.39, 0.29) is 12.2 Å². The number of thiophene rings is 1. The van der Waals surface area contributed by atoms with E-state index in [4.69, 9.17) is 9.47 Å². The summed E-state index contributed by atoms with van der Waals surface area (Å²) in [5.41, 5.74) is 1.16. The largest absolute Gasteiger partial charge is 0.350 e. The zero-order chi connectivity index (χ0) is 13.9. The van der Waals surface area contributed by atoms with E-state index in [1.807, 2.05) is 10.3 Å². The van der Waals surface area contributed by atoms with Crippen LogP contribution < -0.4 is 0 Å². The number of piperidine rings is 1. The first-order valence-electron chi connectivity index (χ1n) is 7.38. The lowest BCUT2D eigenvalue weighted by Crippen LogP contribution is -2.43. The highest BCUT2D eigenvalue weighted by molar-refractivity contribution is 7.12. The number of amides is 1. The van der Waals surface area contributed by atoms with Crippen LogP contribution >= 0.6 is 11.3 Å². The van der Waals surface area contributed by atoms with Gasteiger partial charge in [-0.3, -0.25) is 4.79 Å². The minimum absolute atomic E-state index is 0.111. The van der Waals surface area contributed by atoms with Crippen LogP contribution in [-0.4, -0.2) is 43.4 Å². The molecule has 1 aromatic heterocycles. The van der Waals surface area contributed by atoms with E-state index in [0.717, 1.165) is 42.8 Å². The van der Waals surface area contributed by atoms with Gasteiger partial charge in [0.05, 0.1) is 18.1 Å². The molecule has 1 amide bonds. The predicted octanol–water partition coefficient (Wildman–Crippen LogP) is 2.54. The third kappa shape index (κ3) is 2.75. The number of hydrogen-bond acceptors (Lipinski definition) is 4. The summed E-state index contributed by atoms with van der Waals surface area (Å²) in [7, 11) is 0. The lowest BCUT2D eigenvalue weighted by Gasteiger charge is -2.34. The van der Waals surface area contributed by atoms with Crippen molar-refractivity contribution in [1.29, 1.82) is 0 Å². The van der Waals surface area contributed by atoms with Crippen LogP contribution in [0.4, 0.5) is 0 Å². The molecule has 2 fully saturated rings. The Morgan fingerprint density at radius 3 is 3.00 bits per heavy atom. The highest BCUT2D eigenvalue weighted by Crippen LogP contribution is 2.27. The van der Waals surface area contributed by atoms with Gasteiger partial charge < -0.3 is 14.4 Å². The molecule has 0 aliphatic carbocycles. The monoisotopic (exact) mass is 295 g/mol. The average Bonchev–Trinajstić information content (AvgIpc) is 3.17. The molecular formula is C15H21NO3S. The minimum atomic E-state index is -0.111. The van der Waals surface area contributed by atoms with E-state index in [1.54, 1.807) is 11.3 Å². The van der Waals surface area contributed by atoms with Gasteiger partial charge in [0.2, 0.25) is 0 Å². The van der Waals surface area contributed by atoms with Crippen molar-refractivity contribution in [3.63, 3.8) is 0 Å². The molecule has 0 saturated carbocycles. The Hall–Kier alpha value is -0.910. The normalized spacial score (nSPS) is 24.2. The Bertz CT molecular complexity index is 467. The summed E-state index contributed by atoms with van der Waals surface area (Å²) < 4.78 is 11.2. The van der Waals surface area contributed by atoms with Gasteiger partial charge in [0.25, 0.3) is 5.91 Å². The van der Waals surface area contributed by atoms with Crippen LogP contribution in [0, 0.1) is 5.92 Å². The fourth-order valence-electron chi connectivity index (χ4n) is 3.01. The van der Waals surface area contributed by atoms with Gasteiger partial charge in [-0.2, -0.15) is 0 Å². The topological polar surface area (TPSA) is 38.8 Å². The zero-order valence-electron chi connectivity index (χ0n) is 11.8. The van der Waals surface area contributed by atoms with Crippen LogP contribution in [0.1, 0.15) is 35.0 Å². The predicted molar refractivity (Wildman–Crippen MR) is 78.0 cm³/mol. The number of ether oxygens (including phenoxy) is 2. The Morgan fingerprint density at radius 2 is 2.25 bits per heavy atom. The maximum Gasteiger partial charge on any atom is 0.264 e. The van der Waals surface area contributed by atoms with E-state index in [1.165, 1.54) is 0 Å². The number of rotatable bonds is 3. The summed E-state index contributed by atoms with van der Waals surface area (Å²) in [5.74, 6) is 0.500. The van der Waals surface area contributed by atoms with Crippen molar-refractivity contribution in [1.82, 2.24) is 4.90 Å². The molecule has 110 valence electrons. The van der Waals surface area contributed by atoms with Crippen molar-refractivity contribution in [3.05, 3.63) is 21.9 Å². The van der Waals surface area contributed by atoms with Crippen molar-refractivity contribution in [2.75, 3.05) is 26.3 Å².